The molecular formula is C15H24OSi. The van der Waals surface area contributed by atoms with Crippen molar-refractivity contribution in [2.45, 2.75) is 46.3 Å². The van der Waals surface area contributed by atoms with E-state index in [-0.39, 0.29) is 0 Å². The molecule has 1 nitrogen and oxygen atoms in total. The van der Waals surface area contributed by atoms with Crippen molar-refractivity contribution in [1.82, 2.24) is 0 Å². The number of benzene rings is 1. The van der Waals surface area contributed by atoms with Crippen molar-refractivity contribution in [1.29, 1.82) is 0 Å². The second kappa shape index (κ2) is 5.54. The summed E-state index contributed by atoms with van der Waals surface area (Å²) in [5.41, 5.74) is 3.81. The van der Waals surface area contributed by atoms with Crippen LogP contribution in [0.1, 0.15) is 23.6 Å². The molecule has 0 heterocycles. The fourth-order valence-corrected chi connectivity index (χ4v) is 2.85. The van der Waals surface area contributed by atoms with Crippen LogP contribution in [0.5, 0.6) is 5.75 Å². The molecule has 0 aliphatic rings. The molecule has 17 heavy (non-hydrogen) atoms. The Labute approximate surface area is 107 Å². The first kappa shape index (κ1) is 14.0. The molecule has 0 atom stereocenters. The molecule has 1 aromatic rings. The predicted octanol–water partition coefficient (Wildman–Crippen LogP) is 4.64. The highest BCUT2D eigenvalue weighted by molar-refractivity contribution is 6.71. The highest BCUT2D eigenvalue weighted by Crippen LogP contribution is 2.28. The first-order valence-electron chi connectivity index (χ1n) is 6.29. The van der Waals surface area contributed by atoms with Crippen LogP contribution < -0.4 is 4.43 Å². The molecule has 0 saturated carbocycles. The molecule has 1 rings (SSSR count). The molecule has 0 N–H and O–H groups in total. The Balaban J connectivity index is 3.05. The molecule has 0 aromatic heterocycles. The molecule has 0 spiro atoms. The van der Waals surface area contributed by atoms with Gasteiger partial charge in [-0.3, -0.25) is 0 Å². The minimum absolute atomic E-state index is 0.927. The van der Waals surface area contributed by atoms with Crippen molar-refractivity contribution < 1.29 is 4.43 Å². The monoisotopic (exact) mass is 248 g/mol. The van der Waals surface area contributed by atoms with E-state index in [4.69, 9.17) is 4.43 Å². The summed E-state index contributed by atoms with van der Waals surface area (Å²) in [5, 5.41) is 0. The fourth-order valence-electron chi connectivity index (χ4n) is 1.83. The van der Waals surface area contributed by atoms with E-state index in [1.54, 1.807) is 0 Å². The summed E-state index contributed by atoms with van der Waals surface area (Å²) in [6, 6.07) is 5.56. The molecule has 0 fully saturated rings. The van der Waals surface area contributed by atoms with Crippen LogP contribution in [0.15, 0.2) is 24.8 Å². The van der Waals surface area contributed by atoms with Crippen LogP contribution in [-0.4, -0.2) is 8.32 Å². The van der Waals surface area contributed by atoms with Gasteiger partial charge in [0.25, 0.3) is 0 Å². The normalized spacial score (nSPS) is 11.4. The zero-order chi connectivity index (χ0) is 13.1. The Morgan fingerprint density at radius 1 is 1.24 bits per heavy atom. The van der Waals surface area contributed by atoms with E-state index < -0.39 is 8.32 Å². The lowest BCUT2D eigenvalue weighted by Crippen LogP contribution is -2.33. The van der Waals surface area contributed by atoms with Gasteiger partial charge in [0, 0.05) is 0 Å². The Bertz CT molecular complexity index is 384. The largest absolute Gasteiger partial charge is 0.544 e. The average Bonchev–Trinajstić information content (AvgIpc) is 2.24. The quantitative estimate of drug-likeness (QED) is 0.545. The smallest absolute Gasteiger partial charge is 0.244 e. The van der Waals surface area contributed by atoms with Crippen LogP contribution >= 0.6 is 0 Å². The highest BCUT2D eigenvalue weighted by atomic mass is 28.4. The van der Waals surface area contributed by atoms with Gasteiger partial charge < -0.3 is 4.43 Å². The molecule has 0 bridgehead atoms. The van der Waals surface area contributed by atoms with Crippen LogP contribution in [0, 0.1) is 13.8 Å². The van der Waals surface area contributed by atoms with Crippen molar-refractivity contribution >= 4 is 8.32 Å². The van der Waals surface area contributed by atoms with Crippen molar-refractivity contribution in [2.24, 2.45) is 0 Å². The summed E-state index contributed by atoms with van der Waals surface area (Å²) in [6.07, 6.45) is 2.87. The van der Waals surface area contributed by atoms with E-state index in [1.165, 1.54) is 16.7 Å². The number of aryl methyl sites for hydroxylation is 2. The zero-order valence-electron chi connectivity index (χ0n) is 11.8. The Hall–Kier alpha value is -1.02. The number of rotatable bonds is 5. The summed E-state index contributed by atoms with van der Waals surface area (Å²) < 4.78 is 6.26. The van der Waals surface area contributed by atoms with Gasteiger partial charge in [0.15, 0.2) is 0 Å². The van der Waals surface area contributed by atoms with E-state index in [0.717, 1.165) is 18.2 Å². The van der Waals surface area contributed by atoms with Crippen LogP contribution in [0.4, 0.5) is 0 Å². The molecule has 0 unspecified atom stereocenters. The summed E-state index contributed by atoms with van der Waals surface area (Å²) in [4.78, 5) is 0. The maximum atomic E-state index is 6.26. The van der Waals surface area contributed by atoms with Gasteiger partial charge in [-0.1, -0.05) is 25.1 Å². The third-order valence-electron chi connectivity index (χ3n) is 3.13. The van der Waals surface area contributed by atoms with Crippen LogP contribution in [0.2, 0.25) is 19.1 Å². The van der Waals surface area contributed by atoms with Gasteiger partial charge in [-0.2, -0.15) is 0 Å². The van der Waals surface area contributed by atoms with Crippen LogP contribution in [-0.2, 0) is 6.42 Å². The van der Waals surface area contributed by atoms with E-state index in [0.29, 0.717) is 0 Å². The lowest BCUT2D eigenvalue weighted by Gasteiger charge is -2.25. The highest BCUT2D eigenvalue weighted by Gasteiger charge is 2.23. The van der Waals surface area contributed by atoms with Gasteiger partial charge in [-0.05, 0) is 56.1 Å². The number of allylic oxidation sites excluding steroid dienone is 1. The second-order valence-electron chi connectivity index (χ2n) is 5.27. The summed E-state index contributed by atoms with van der Waals surface area (Å²) in [7, 11) is -1.54. The minimum Gasteiger partial charge on any atom is -0.544 e. The van der Waals surface area contributed by atoms with Crippen molar-refractivity contribution in [3.63, 3.8) is 0 Å². The molecule has 0 aliphatic carbocycles. The van der Waals surface area contributed by atoms with Crippen LogP contribution in [0.3, 0.4) is 0 Å². The lowest BCUT2D eigenvalue weighted by molar-refractivity contribution is 0.540. The number of hydrogen-bond acceptors (Lipinski definition) is 1. The summed E-state index contributed by atoms with van der Waals surface area (Å²) in [6.45, 7) is 14.8. The molecule has 94 valence electrons. The molecule has 0 radical (unpaired) electrons. The van der Waals surface area contributed by atoms with Gasteiger partial charge in [0.1, 0.15) is 5.75 Å². The van der Waals surface area contributed by atoms with Gasteiger partial charge in [-0.25, -0.2) is 0 Å². The maximum Gasteiger partial charge on any atom is 0.244 e. The van der Waals surface area contributed by atoms with Gasteiger partial charge >= 0.3 is 0 Å². The molecule has 1 aromatic carbocycles. The molecule has 0 saturated heterocycles. The maximum absolute atomic E-state index is 6.26. The molecular weight excluding hydrogens is 224 g/mol. The first-order chi connectivity index (χ1) is 7.89. The third kappa shape index (κ3) is 3.74. The van der Waals surface area contributed by atoms with Gasteiger partial charge in [-0.15, -0.1) is 6.58 Å². The van der Waals surface area contributed by atoms with Gasteiger partial charge in [0.2, 0.25) is 8.32 Å². The van der Waals surface area contributed by atoms with Crippen molar-refractivity contribution in [2.75, 3.05) is 0 Å². The number of hydrogen-bond donors (Lipinski definition) is 0. The Morgan fingerprint density at radius 3 is 2.18 bits per heavy atom. The average molecular weight is 248 g/mol. The fraction of sp³-hybridized carbons (Fsp3) is 0.467. The molecule has 2 heteroatoms. The lowest BCUT2D eigenvalue weighted by atomic mass is 10.0. The SMILES string of the molecule is C=CCc1cc(C)c(O[Si](C)(C)CC)c(C)c1. The van der Waals surface area contributed by atoms with E-state index in [1.807, 2.05) is 6.08 Å². The van der Waals surface area contributed by atoms with E-state index in [9.17, 15) is 0 Å². The van der Waals surface area contributed by atoms with Crippen molar-refractivity contribution in [3.8, 4) is 5.75 Å². The third-order valence-corrected chi connectivity index (χ3v) is 5.59. The standard InChI is InChI=1S/C15H24OSi/c1-7-9-14-10-12(3)15(13(4)11-14)16-17(5,6)8-2/h7,10-11H,1,8-9H2,2-6H3. The van der Waals surface area contributed by atoms with Crippen LogP contribution in [0.25, 0.3) is 0 Å². The van der Waals surface area contributed by atoms with Crippen molar-refractivity contribution in [3.05, 3.63) is 41.5 Å². The topological polar surface area (TPSA) is 9.23 Å². The minimum atomic E-state index is -1.54. The van der Waals surface area contributed by atoms with Gasteiger partial charge in [0.05, 0.1) is 0 Å². The molecule has 0 aliphatic heterocycles. The zero-order valence-corrected chi connectivity index (χ0v) is 12.8. The summed E-state index contributed by atoms with van der Waals surface area (Å²) in [5.74, 6) is 1.09. The summed E-state index contributed by atoms with van der Waals surface area (Å²) >= 11 is 0. The molecule has 0 amide bonds. The first-order valence-corrected chi connectivity index (χ1v) is 9.41. The van der Waals surface area contributed by atoms with E-state index in [2.05, 4.69) is 52.6 Å². The Kier molecular flexibility index (Phi) is 4.58. The Morgan fingerprint density at radius 2 is 1.76 bits per heavy atom. The predicted molar refractivity (Wildman–Crippen MR) is 78.4 cm³/mol. The van der Waals surface area contributed by atoms with E-state index >= 15 is 0 Å². The second-order valence-corrected chi connectivity index (χ2v) is 9.70.